The van der Waals surface area contributed by atoms with E-state index >= 15 is 0 Å². The number of carbonyl (C=O) groups is 1. The molecular formula is C24H22FN7O2. The lowest BCUT2D eigenvalue weighted by Gasteiger charge is -2.09. The van der Waals surface area contributed by atoms with E-state index in [1.807, 2.05) is 12.1 Å². The first-order chi connectivity index (χ1) is 16.4. The van der Waals surface area contributed by atoms with Gasteiger partial charge in [-0.15, -0.1) is 0 Å². The number of nitrogen functional groups attached to an aromatic ring is 1. The SMILES string of the molecule is Cc1nn(CC(=O)NCCCc2nn(-c3ccc(F)cc3)c(N)c2C#N)c(=O)c2ccccc12. The van der Waals surface area contributed by atoms with Gasteiger partial charge < -0.3 is 11.1 Å². The van der Waals surface area contributed by atoms with Crippen LogP contribution in [0.5, 0.6) is 0 Å². The molecule has 34 heavy (non-hydrogen) atoms. The monoisotopic (exact) mass is 459 g/mol. The van der Waals surface area contributed by atoms with Crippen LogP contribution in [0.3, 0.4) is 0 Å². The van der Waals surface area contributed by atoms with E-state index in [9.17, 15) is 19.2 Å². The van der Waals surface area contributed by atoms with E-state index in [2.05, 4.69) is 21.6 Å². The van der Waals surface area contributed by atoms with Gasteiger partial charge >= 0.3 is 0 Å². The Morgan fingerprint density at radius 1 is 1.15 bits per heavy atom. The molecule has 0 aliphatic heterocycles. The number of aryl methyl sites for hydroxylation is 2. The van der Waals surface area contributed by atoms with E-state index in [0.29, 0.717) is 41.8 Å². The first-order valence-corrected chi connectivity index (χ1v) is 10.7. The Hall–Kier alpha value is -4.52. The Morgan fingerprint density at radius 2 is 1.85 bits per heavy atom. The zero-order valence-corrected chi connectivity index (χ0v) is 18.5. The summed E-state index contributed by atoms with van der Waals surface area (Å²) in [5.41, 5.74) is 7.69. The maximum Gasteiger partial charge on any atom is 0.275 e. The van der Waals surface area contributed by atoms with Crippen LogP contribution in [-0.2, 0) is 17.8 Å². The first kappa shape index (κ1) is 22.7. The van der Waals surface area contributed by atoms with Crippen LogP contribution in [0.4, 0.5) is 10.2 Å². The number of nitriles is 1. The Bertz CT molecular complexity index is 1470. The van der Waals surface area contributed by atoms with Crippen molar-refractivity contribution >= 4 is 22.5 Å². The van der Waals surface area contributed by atoms with Crippen LogP contribution in [-0.4, -0.2) is 32.0 Å². The highest BCUT2D eigenvalue weighted by molar-refractivity contribution is 5.83. The molecule has 0 atom stereocenters. The number of fused-ring (bicyclic) bond motifs is 1. The predicted octanol–water partition coefficient (Wildman–Crippen LogP) is 2.23. The van der Waals surface area contributed by atoms with Crippen molar-refractivity contribution in [3.05, 3.63) is 81.7 Å². The molecule has 0 radical (unpaired) electrons. The minimum absolute atomic E-state index is 0.172. The van der Waals surface area contributed by atoms with Gasteiger partial charge in [-0.05, 0) is 50.1 Å². The molecule has 0 bridgehead atoms. The lowest BCUT2D eigenvalue weighted by atomic mass is 10.1. The number of aromatic nitrogens is 4. The molecule has 0 fully saturated rings. The number of halogens is 1. The highest BCUT2D eigenvalue weighted by Gasteiger charge is 2.17. The number of anilines is 1. The van der Waals surface area contributed by atoms with Gasteiger partial charge in [-0.1, -0.05) is 18.2 Å². The number of amides is 1. The summed E-state index contributed by atoms with van der Waals surface area (Å²) in [4.78, 5) is 25.0. The molecule has 4 aromatic rings. The molecule has 0 saturated carbocycles. The second-order valence-corrected chi connectivity index (χ2v) is 7.75. The van der Waals surface area contributed by atoms with Crippen LogP contribution in [0.15, 0.2) is 53.3 Å². The van der Waals surface area contributed by atoms with Gasteiger partial charge in [-0.3, -0.25) is 9.59 Å². The molecule has 0 spiro atoms. The summed E-state index contributed by atoms with van der Waals surface area (Å²) in [6.45, 7) is 1.91. The largest absolute Gasteiger partial charge is 0.382 e. The normalized spacial score (nSPS) is 10.9. The van der Waals surface area contributed by atoms with Crippen molar-refractivity contribution in [2.45, 2.75) is 26.3 Å². The Balaban J connectivity index is 1.38. The van der Waals surface area contributed by atoms with Gasteiger partial charge in [0.25, 0.3) is 5.56 Å². The number of benzene rings is 2. The highest BCUT2D eigenvalue weighted by Crippen LogP contribution is 2.21. The van der Waals surface area contributed by atoms with Crippen LogP contribution in [0.2, 0.25) is 0 Å². The molecule has 4 rings (SSSR count). The predicted molar refractivity (Wildman–Crippen MR) is 125 cm³/mol. The van der Waals surface area contributed by atoms with Crippen LogP contribution >= 0.6 is 0 Å². The van der Waals surface area contributed by atoms with Crippen LogP contribution in [0.1, 0.15) is 23.4 Å². The Morgan fingerprint density at radius 3 is 2.56 bits per heavy atom. The van der Waals surface area contributed by atoms with Crippen LogP contribution in [0.25, 0.3) is 16.5 Å². The third-order valence-corrected chi connectivity index (χ3v) is 5.43. The third kappa shape index (κ3) is 4.49. The standard InChI is InChI=1S/C24H22FN7O2/c1-15-18-5-2-3-6-19(18)24(34)31(29-15)14-22(33)28-12-4-7-21-20(13-26)23(27)32(30-21)17-10-8-16(25)9-11-17/h2-3,5-6,8-11H,4,7,12,14,27H2,1H3,(H,28,33). The molecule has 2 heterocycles. The summed E-state index contributed by atoms with van der Waals surface area (Å²) in [7, 11) is 0. The summed E-state index contributed by atoms with van der Waals surface area (Å²) in [6.07, 6.45) is 0.897. The zero-order valence-electron chi connectivity index (χ0n) is 18.5. The second-order valence-electron chi connectivity index (χ2n) is 7.75. The Kier molecular flexibility index (Phi) is 6.36. The molecular weight excluding hydrogens is 437 g/mol. The molecule has 0 saturated heterocycles. The van der Waals surface area contributed by atoms with Gasteiger partial charge in [0.05, 0.1) is 22.5 Å². The summed E-state index contributed by atoms with van der Waals surface area (Å²) < 4.78 is 15.8. The van der Waals surface area contributed by atoms with E-state index < -0.39 is 0 Å². The number of hydrogen-bond acceptors (Lipinski definition) is 6. The third-order valence-electron chi connectivity index (χ3n) is 5.43. The topological polar surface area (TPSA) is 132 Å². The average molecular weight is 459 g/mol. The highest BCUT2D eigenvalue weighted by atomic mass is 19.1. The van der Waals surface area contributed by atoms with Crippen molar-refractivity contribution in [2.24, 2.45) is 0 Å². The molecule has 9 nitrogen and oxygen atoms in total. The van der Waals surface area contributed by atoms with Gasteiger partial charge in [0.2, 0.25) is 5.91 Å². The van der Waals surface area contributed by atoms with Crippen molar-refractivity contribution in [3.8, 4) is 11.8 Å². The fourth-order valence-corrected chi connectivity index (χ4v) is 3.74. The summed E-state index contributed by atoms with van der Waals surface area (Å²) >= 11 is 0. The molecule has 172 valence electrons. The number of rotatable bonds is 7. The zero-order chi connectivity index (χ0) is 24.2. The average Bonchev–Trinajstić information content (AvgIpc) is 3.15. The van der Waals surface area contributed by atoms with Crippen molar-refractivity contribution < 1.29 is 9.18 Å². The van der Waals surface area contributed by atoms with Crippen molar-refractivity contribution in [2.75, 3.05) is 12.3 Å². The molecule has 2 aromatic heterocycles. The lowest BCUT2D eigenvalue weighted by Crippen LogP contribution is -2.34. The number of nitrogens with zero attached hydrogens (tertiary/aromatic N) is 5. The molecule has 0 unspecified atom stereocenters. The van der Waals surface area contributed by atoms with Gasteiger partial charge in [0.15, 0.2) is 0 Å². The van der Waals surface area contributed by atoms with Gasteiger partial charge in [-0.25, -0.2) is 13.8 Å². The summed E-state index contributed by atoms with van der Waals surface area (Å²) in [5.74, 6) is -0.561. The molecule has 10 heteroatoms. The molecule has 0 aliphatic carbocycles. The van der Waals surface area contributed by atoms with Gasteiger partial charge in [0, 0.05) is 11.9 Å². The number of nitrogens with two attached hydrogens (primary N) is 1. The summed E-state index contributed by atoms with van der Waals surface area (Å²) in [6, 6.07) is 14.8. The molecule has 2 aromatic carbocycles. The van der Waals surface area contributed by atoms with E-state index in [-0.39, 0.29) is 35.2 Å². The lowest BCUT2D eigenvalue weighted by molar-refractivity contribution is -0.121. The van der Waals surface area contributed by atoms with E-state index in [0.717, 1.165) is 10.1 Å². The van der Waals surface area contributed by atoms with Crippen molar-refractivity contribution in [1.82, 2.24) is 24.9 Å². The fourth-order valence-electron chi connectivity index (χ4n) is 3.74. The smallest absolute Gasteiger partial charge is 0.275 e. The quantitative estimate of drug-likeness (QED) is 0.408. The molecule has 1 amide bonds. The number of carbonyl (C=O) groups excluding carboxylic acids is 1. The van der Waals surface area contributed by atoms with Gasteiger partial charge in [-0.2, -0.15) is 15.5 Å². The maximum atomic E-state index is 13.2. The fraction of sp³-hybridized carbons (Fsp3) is 0.208. The van der Waals surface area contributed by atoms with E-state index in [4.69, 9.17) is 5.73 Å². The maximum absolute atomic E-state index is 13.2. The number of hydrogen-bond donors (Lipinski definition) is 2. The van der Waals surface area contributed by atoms with Crippen LogP contribution < -0.4 is 16.6 Å². The molecule has 0 aliphatic rings. The van der Waals surface area contributed by atoms with Crippen LogP contribution in [0, 0.1) is 24.1 Å². The van der Waals surface area contributed by atoms with Gasteiger partial charge in [0.1, 0.15) is 29.8 Å². The van der Waals surface area contributed by atoms with Crippen molar-refractivity contribution in [1.29, 1.82) is 5.26 Å². The first-order valence-electron chi connectivity index (χ1n) is 10.7. The number of nitrogens with one attached hydrogen (secondary N) is 1. The minimum atomic E-state index is -0.387. The minimum Gasteiger partial charge on any atom is -0.382 e. The Labute approximate surface area is 194 Å². The van der Waals surface area contributed by atoms with E-state index in [1.54, 1.807) is 19.1 Å². The van der Waals surface area contributed by atoms with Crippen molar-refractivity contribution in [3.63, 3.8) is 0 Å². The van der Waals surface area contributed by atoms with E-state index in [1.165, 1.54) is 28.9 Å². The summed E-state index contributed by atoms with van der Waals surface area (Å²) in [5, 5.41) is 22.2. The second kappa shape index (κ2) is 9.54. The molecule has 3 N–H and O–H groups in total.